The predicted octanol–water partition coefficient (Wildman–Crippen LogP) is 4.74. The first-order valence-electron chi connectivity index (χ1n) is 10.1. The maximum absolute atomic E-state index is 12.9. The number of methoxy groups -OCH3 is 2. The second kappa shape index (κ2) is 8.11. The molecule has 1 fully saturated rings. The number of carbonyl (C=O) groups excluding carboxylic acids is 1. The number of para-hydroxylation sites is 1. The quantitative estimate of drug-likeness (QED) is 0.448. The van der Waals surface area contributed by atoms with Gasteiger partial charge in [0.2, 0.25) is 0 Å². The van der Waals surface area contributed by atoms with Crippen LogP contribution in [-0.2, 0) is 0 Å². The molecule has 8 heteroatoms. The number of thiazole rings is 1. The number of rotatable bonds is 5. The molecule has 0 bridgehead atoms. The van der Waals surface area contributed by atoms with E-state index in [1.807, 2.05) is 41.3 Å². The number of amides is 1. The van der Waals surface area contributed by atoms with Crippen LogP contribution in [0.4, 0.5) is 0 Å². The zero-order valence-electron chi connectivity index (χ0n) is 17.3. The Morgan fingerprint density at radius 3 is 2.74 bits per heavy atom. The number of hydrogen-bond acceptors (Lipinski definition) is 7. The van der Waals surface area contributed by atoms with Crippen LogP contribution in [0.25, 0.3) is 21.2 Å². The molecule has 2 aromatic heterocycles. The fourth-order valence-electron chi connectivity index (χ4n) is 3.84. The molecule has 1 aliphatic rings. The van der Waals surface area contributed by atoms with Gasteiger partial charge in [-0.15, -0.1) is 0 Å². The lowest BCUT2D eigenvalue weighted by atomic mass is 10.1. The van der Waals surface area contributed by atoms with Gasteiger partial charge in [-0.2, -0.15) is 0 Å². The van der Waals surface area contributed by atoms with Gasteiger partial charge >= 0.3 is 0 Å². The van der Waals surface area contributed by atoms with Crippen molar-refractivity contribution in [2.24, 2.45) is 0 Å². The maximum atomic E-state index is 12.9. The largest absolute Gasteiger partial charge is 0.497 e. The third-order valence-electron chi connectivity index (χ3n) is 5.51. The van der Waals surface area contributed by atoms with Gasteiger partial charge in [-0.25, -0.2) is 4.98 Å². The van der Waals surface area contributed by atoms with Gasteiger partial charge in [0, 0.05) is 37.4 Å². The molecule has 0 aliphatic carbocycles. The van der Waals surface area contributed by atoms with E-state index in [2.05, 4.69) is 4.98 Å². The van der Waals surface area contributed by atoms with Gasteiger partial charge in [0.15, 0.2) is 17.1 Å². The van der Waals surface area contributed by atoms with Crippen molar-refractivity contribution in [3.63, 3.8) is 0 Å². The SMILES string of the molecule is COc1ccc2sc(OC3CCN(C(=O)c4cc5cccc(OC)c5o4)CC3)nc2c1. The summed E-state index contributed by atoms with van der Waals surface area (Å²) in [6.45, 7) is 1.22. The number of benzene rings is 2. The van der Waals surface area contributed by atoms with Gasteiger partial charge in [-0.1, -0.05) is 23.5 Å². The first-order chi connectivity index (χ1) is 15.1. The van der Waals surface area contributed by atoms with Crippen LogP contribution in [-0.4, -0.2) is 49.2 Å². The third-order valence-corrected chi connectivity index (χ3v) is 6.44. The van der Waals surface area contributed by atoms with E-state index in [9.17, 15) is 4.79 Å². The molecular formula is C23H22N2O5S. The van der Waals surface area contributed by atoms with Crippen LogP contribution in [0.1, 0.15) is 23.4 Å². The first-order valence-corrected chi connectivity index (χ1v) is 10.9. The van der Waals surface area contributed by atoms with Crippen LogP contribution in [0, 0.1) is 0 Å². The van der Waals surface area contributed by atoms with Crippen molar-refractivity contribution in [3.8, 4) is 16.7 Å². The Labute approximate surface area is 183 Å². The van der Waals surface area contributed by atoms with E-state index >= 15 is 0 Å². The Morgan fingerprint density at radius 2 is 1.97 bits per heavy atom. The van der Waals surface area contributed by atoms with E-state index in [0.717, 1.165) is 34.2 Å². The summed E-state index contributed by atoms with van der Waals surface area (Å²) < 4.78 is 23.6. The van der Waals surface area contributed by atoms with Crippen LogP contribution in [0.15, 0.2) is 46.9 Å². The summed E-state index contributed by atoms with van der Waals surface area (Å²) >= 11 is 1.52. The molecule has 4 aromatic rings. The van der Waals surface area contributed by atoms with E-state index in [-0.39, 0.29) is 12.0 Å². The second-order valence-electron chi connectivity index (χ2n) is 7.41. The molecule has 0 unspecified atom stereocenters. The smallest absolute Gasteiger partial charge is 0.289 e. The minimum Gasteiger partial charge on any atom is -0.497 e. The molecule has 2 aromatic carbocycles. The van der Waals surface area contributed by atoms with Crippen molar-refractivity contribution in [2.75, 3.05) is 27.3 Å². The molecule has 7 nitrogen and oxygen atoms in total. The van der Waals surface area contributed by atoms with Crippen molar-refractivity contribution in [2.45, 2.75) is 18.9 Å². The number of furan rings is 1. The van der Waals surface area contributed by atoms with Gasteiger partial charge in [0.25, 0.3) is 11.1 Å². The van der Waals surface area contributed by atoms with Crippen LogP contribution in [0.5, 0.6) is 16.7 Å². The fraction of sp³-hybridized carbons (Fsp3) is 0.304. The second-order valence-corrected chi connectivity index (χ2v) is 8.41. The first kappa shape index (κ1) is 19.7. The van der Waals surface area contributed by atoms with Gasteiger partial charge < -0.3 is 23.5 Å². The zero-order chi connectivity index (χ0) is 21.4. The molecule has 1 amide bonds. The van der Waals surface area contributed by atoms with Crippen LogP contribution in [0.2, 0.25) is 0 Å². The minimum absolute atomic E-state index is 0.0299. The molecular weight excluding hydrogens is 416 g/mol. The van der Waals surface area contributed by atoms with Crippen LogP contribution in [0.3, 0.4) is 0 Å². The van der Waals surface area contributed by atoms with Crippen molar-refractivity contribution in [3.05, 3.63) is 48.2 Å². The summed E-state index contributed by atoms with van der Waals surface area (Å²) in [6, 6.07) is 13.2. The van der Waals surface area contributed by atoms with Crippen molar-refractivity contribution >= 4 is 38.4 Å². The number of carbonyl (C=O) groups is 1. The van der Waals surface area contributed by atoms with E-state index < -0.39 is 0 Å². The topological polar surface area (TPSA) is 74.0 Å². The minimum atomic E-state index is -0.108. The number of nitrogens with zero attached hydrogens (tertiary/aromatic N) is 2. The molecule has 0 atom stereocenters. The highest BCUT2D eigenvalue weighted by Crippen LogP contribution is 2.33. The molecule has 5 rings (SSSR count). The highest BCUT2D eigenvalue weighted by molar-refractivity contribution is 7.20. The molecule has 1 saturated heterocycles. The third kappa shape index (κ3) is 3.79. The van der Waals surface area contributed by atoms with Gasteiger partial charge in [-0.3, -0.25) is 4.79 Å². The van der Waals surface area contributed by atoms with Gasteiger partial charge in [-0.05, 0) is 24.3 Å². The van der Waals surface area contributed by atoms with Crippen molar-refractivity contribution in [1.29, 1.82) is 0 Å². The monoisotopic (exact) mass is 438 g/mol. The highest BCUT2D eigenvalue weighted by Gasteiger charge is 2.27. The number of aromatic nitrogens is 1. The summed E-state index contributed by atoms with van der Waals surface area (Å²) in [5, 5.41) is 1.51. The Morgan fingerprint density at radius 1 is 1.13 bits per heavy atom. The summed E-state index contributed by atoms with van der Waals surface area (Å²) in [6.07, 6.45) is 1.52. The van der Waals surface area contributed by atoms with E-state index in [1.54, 1.807) is 20.3 Å². The molecule has 0 saturated carbocycles. The normalized spacial score (nSPS) is 14.8. The fourth-order valence-corrected chi connectivity index (χ4v) is 4.70. The summed E-state index contributed by atoms with van der Waals surface area (Å²) in [4.78, 5) is 19.3. The molecule has 0 spiro atoms. The molecule has 3 heterocycles. The number of hydrogen-bond donors (Lipinski definition) is 0. The summed E-state index contributed by atoms with van der Waals surface area (Å²) in [5.74, 6) is 1.62. The van der Waals surface area contributed by atoms with Crippen LogP contribution >= 0.6 is 11.3 Å². The average molecular weight is 439 g/mol. The van der Waals surface area contributed by atoms with Crippen LogP contribution < -0.4 is 14.2 Å². The van der Waals surface area contributed by atoms with Crippen molar-refractivity contribution in [1.82, 2.24) is 9.88 Å². The molecule has 160 valence electrons. The Balaban J connectivity index is 1.23. The molecule has 0 radical (unpaired) electrons. The van der Waals surface area contributed by atoms with Gasteiger partial charge in [0.1, 0.15) is 11.9 Å². The Bertz CT molecular complexity index is 1240. The van der Waals surface area contributed by atoms with E-state index in [0.29, 0.717) is 35.4 Å². The predicted molar refractivity (Wildman–Crippen MR) is 118 cm³/mol. The highest BCUT2D eigenvalue weighted by atomic mass is 32.1. The van der Waals surface area contributed by atoms with E-state index in [1.165, 1.54) is 11.3 Å². The number of fused-ring (bicyclic) bond motifs is 2. The lowest BCUT2D eigenvalue weighted by molar-refractivity contribution is 0.0569. The summed E-state index contributed by atoms with van der Waals surface area (Å²) in [5.41, 5.74) is 1.46. The van der Waals surface area contributed by atoms with Crippen molar-refractivity contribution < 1.29 is 23.4 Å². The van der Waals surface area contributed by atoms with E-state index in [4.69, 9.17) is 18.6 Å². The zero-order valence-corrected chi connectivity index (χ0v) is 18.1. The number of ether oxygens (including phenoxy) is 3. The standard InChI is InChI=1S/C23H22N2O5S/c1-27-16-6-7-20-17(13-16)24-23(31-20)29-15-8-10-25(11-9-15)22(26)19-12-14-4-3-5-18(28-2)21(14)30-19/h3-7,12-13,15H,8-11H2,1-2H3. The molecule has 1 aliphatic heterocycles. The maximum Gasteiger partial charge on any atom is 0.289 e. The molecule has 0 N–H and O–H groups in total. The number of piperidine rings is 1. The number of likely N-dealkylation sites (tertiary alicyclic amines) is 1. The molecule has 31 heavy (non-hydrogen) atoms. The Kier molecular flexibility index (Phi) is 5.15. The summed E-state index contributed by atoms with van der Waals surface area (Å²) in [7, 11) is 3.23. The average Bonchev–Trinajstić information content (AvgIpc) is 3.42. The lowest BCUT2D eigenvalue weighted by Gasteiger charge is -2.31. The lowest BCUT2D eigenvalue weighted by Crippen LogP contribution is -2.41. The van der Waals surface area contributed by atoms with Gasteiger partial charge in [0.05, 0.1) is 24.4 Å². The Hall–Kier alpha value is -3.26.